The molecule has 2 aliphatic rings. The summed E-state index contributed by atoms with van der Waals surface area (Å²) in [5.74, 6) is 0.955. The van der Waals surface area contributed by atoms with Crippen molar-refractivity contribution in [2.24, 2.45) is 5.92 Å². The first kappa shape index (κ1) is 6.66. The predicted molar refractivity (Wildman–Crippen MR) is 40.9 cm³/mol. The average Bonchev–Trinajstić information content (AvgIpc) is 2.70. The molecule has 1 heterocycles. The van der Waals surface area contributed by atoms with Crippen LogP contribution in [-0.4, -0.2) is 12.2 Å². The van der Waals surface area contributed by atoms with Gasteiger partial charge in [-0.25, -0.2) is 0 Å². The van der Waals surface area contributed by atoms with Crippen molar-refractivity contribution in [2.45, 2.75) is 51.2 Å². The molecular weight excluding hydrogens is 124 g/mol. The van der Waals surface area contributed by atoms with Gasteiger partial charge in [-0.2, -0.15) is 0 Å². The highest BCUT2D eigenvalue weighted by Gasteiger charge is 2.36. The van der Waals surface area contributed by atoms with E-state index in [1.807, 2.05) is 0 Å². The molecule has 1 aliphatic carbocycles. The van der Waals surface area contributed by atoms with E-state index in [0.717, 1.165) is 5.92 Å². The van der Waals surface area contributed by atoms with Gasteiger partial charge >= 0.3 is 0 Å². The van der Waals surface area contributed by atoms with Crippen molar-refractivity contribution >= 4 is 0 Å². The third kappa shape index (κ3) is 1.20. The largest absolute Gasteiger partial charge is 0.375 e. The smallest absolute Gasteiger partial charge is 0.0608 e. The van der Waals surface area contributed by atoms with E-state index in [1.54, 1.807) is 0 Å². The summed E-state index contributed by atoms with van der Waals surface area (Å²) in [5, 5.41) is 0. The Morgan fingerprint density at radius 2 is 2.00 bits per heavy atom. The number of ether oxygens (including phenoxy) is 1. The third-order valence-corrected chi connectivity index (χ3v) is 2.74. The van der Waals surface area contributed by atoms with Gasteiger partial charge < -0.3 is 4.74 Å². The minimum Gasteiger partial charge on any atom is -0.375 e. The van der Waals surface area contributed by atoms with Crippen molar-refractivity contribution in [2.75, 3.05) is 0 Å². The molecule has 0 amide bonds. The molecule has 10 heavy (non-hydrogen) atoms. The molecule has 0 N–H and O–H groups in total. The Hall–Kier alpha value is -0.0400. The summed E-state index contributed by atoms with van der Waals surface area (Å²) in [6.07, 6.45) is 7.99. The second-order valence-electron chi connectivity index (χ2n) is 3.62. The first-order valence-electron chi connectivity index (χ1n) is 4.55. The molecule has 0 aromatic rings. The quantitative estimate of drug-likeness (QED) is 0.572. The third-order valence-electron chi connectivity index (χ3n) is 2.74. The molecular formula is C9H16O. The maximum Gasteiger partial charge on any atom is 0.0608 e. The van der Waals surface area contributed by atoms with Gasteiger partial charge in [0.05, 0.1) is 12.2 Å². The molecule has 2 fully saturated rings. The van der Waals surface area contributed by atoms with E-state index in [0.29, 0.717) is 12.2 Å². The Kier molecular flexibility index (Phi) is 1.69. The molecule has 58 valence electrons. The Morgan fingerprint density at radius 1 is 1.20 bits per heavy atom. The van der Waals surface area contributed by atoms with E-state index in [-0.39, 0.29) is 0 Å². The molecule has 0 bridgehead atoms. The van der Waals surface area contributed by atoms with E-state index >= 15 is 0 Å². The number of hydrogen-bond acceptors (Lipinski definition) is 1. The zero-order valence-electron chi connectivity index (χ0n) is 6.68. The summed E-state index contributed by atoms with van der Waals surface area (Å²) >= 11 is 0. The first-order chi connectivity index (χ1) is 4.90. The van der Waals surface area contributed by atoms with Crippen LogP contribution in [0.25, 0.3) is 0 Å². The van der Waals surface area contributed by atoms with Crippen molar-refractivity contribution in [3.63, 3.8) is 0 Å². The Morgan fingerprint density at radius 3 is 2.50 bits per heavy atom. The lowest BCUT2D eigenvalue weighted by molar-refractivity contribution is 0.0313. The first-order valence-corrected chi connectivity index (χ1v) is 4.55. The SMILES string of the molecule is CCC1CCC(C2CC2)O1. The number of rotatable bonds is 2. The lowest BCUT2D eigenvalue weighted by Crippen LogP contribution is -2.11. The standard InChI is InChI=1S/C9H16O/c1-2-8-5-6-9(10-8)7-3-4-7/h7-9H,2-6H2,1H3. The van der Waals surface area contributed by atoms with Gasteiger partial charge in [0.25, 0.3) is 0 Å². The summed E-state index contributed by atoms with van der Waals surface area (Å²) in [6.45, 7) is 2.22. The highest BCUT2D eigenvalue weighted by Crippen LogP contribution is 2.40. The van der Waals surface area contributed by atoms with Crippen LogP contribution < -0.4 is 0 Å². The fourth-order valence-corrected chi connectivity index (χ4v) is 1.85. The molecule has 0 spiro atoms. The second kappa shape index (κ2) is 2.54. The van der Waals surface area contributed by atoms with Crippen LogP contribution in [0.2, 0.25) is 0 Å². The van der Waals surface area contributed by atoms with Crippen molar-refractivity contribution in [3.05, 3.63) is 0 Å². The zero-order chi connectivity index (χ0) is 6.97. The maximum atomic E-state index is 5.83. The molecule has 1 saturated carbocycles. The monoisotopic (exact) mass is 140 g/mol. The second-order valence-corrected chi connectivity index (χ2v) is 3.62. The summed E-state index contributed by atoms with van der Waals surface area (Å²) in [5.41, 5.74) is 0. The maximum absolute atomic E-state index is 5.83. The molecule has 2 rings (SSSR count). The minimum absolute atomic E-state index is 0.602. The number of hydrogen-bond donors (Lipinski definition) is 0. The van der Waals surface area contributed by atoms with Crippen LogP contribution >= 0.6 is 0 Å². The van der Waals surface area contributed by atoms with E-state index in [9.17, 15) is 0 Å². The lowest BCUT2D eigenvalue weighted by atomic mass is 10.1. The molecule has 1 nitrogen and oxygen atoms in total. The Bertz CT molecular complexity index is 118. The van der Waals surface area contributed by atoms with Crippen LogP contribution in [0.3, 0.4) is 0 Å². The van der Waals surface area contributed by atoms with Gasteiger partial charge in [-0.1, -0.05) is 6.92 Å². The fraction of sp³-hybridized carbons (Fsp3) is 1.00. The molecule has 0 aromatic carbocycles. The highest BCUT2D eigenvalue weighted by atomic mass is 16.5. The topological polar surface area (TPSA) is 9.23 Å². The van der Waals surface area contributed by atoms with Crippen molar-refractivity contribution in [3.8, 4) is 0 Å². The summed E-state index contributed by atoms with van der Waals surface area (Å²) in [6, 6.07) is 0. The van der Waals surface area contributed by atoms with Gasteiger partial charge in [-0.3, -0.25) is 0 Å². The summed E-state index contributed by atoms with van der Waals surface area (Å²) in [4.78, 5) is 0. The van der Waals surface area contributed by atoms with Gasteiger partial charge in [0, 0.05) is 0 Å². The molecule has 0 aromatic heterocycles. The normalized spacial score (nSPS) is 40.5. The Labute approximate surface area is 62.8 Å². The fourth-order valence-electron chi connectivity index (χ4n) is 1.85. The molecule has 2 atom stereocenters. The van der Waals surface area contributed by atoms with Crippen LogP contribution in [0.1, 0.15) is 39.0 Å². The van der Waals surface area contributed by atoms with Gasteiger partial charge in [-0.15, -0.1) is 0 Å². The van der Waals surface area contributed by atoms with E-state index in [4.69, 9.17) is 4.74 Å². The van der Waals surface area contributed by atoms with Crippen LogP contribution in [0.5, 0.6) is 0 Å². The van der Waals surface area contributed by atoms with Crippen molar-refractivity contribution < 1.29 is 4.74 Å². The molecule has 1 heteroatoms. The highest BCUT2D eigenvalue weighted by molar-refractivity contribution is 4.86. The molecule has 0 radical (unpaired) electrons. The zero-order valence-corrected chi connectivity index (χ0v) is 6.68. The van der Waals surface area contributed by atoms with Crippen LogP contribution in [-0.2, 0) is 4.74 Å². The van der Waals surface area contributed by atoms with Gasteiger partial charge in [0.2, 0.25) is 0 Å². The van der Waals surface area contributed by atoms with Crippen molar-refractivity contribution in [1.82, 2.24) is 0 Å². The van der Waals surface area contributed by atoms with Crippen LogP contribution in [0.4, 0.5) is 0 Å². The van der Waals surface area contributed by atoms with E-state index < -0.39 is 0 Å². The van der Waals surface area contributed by atoms with E-state index in [1.165, 1.54) is 32.1 Å². The minimum atomic E-state index is 0.602. The average molecular weight is 140 g/mol. The van der Waals surface area contributed by atoms with Gasteiger partial charge in [-0.05, 0) is 38.0 Å². The summed E-state index contributed by atoms with van der Waals surface area (Å²) < 4.78 is 5.83. The predicted octanol–water partition coefficient (Wildman–Crippen LogP) is 2.35. The van der Waals surface area contributed by atoms with Crippen molar-refractivity contribution in [1.29, 1.82) is 0 Å². The van der Waals surface area contributed by atoms with Gasteiger partial charge in [0.15, 0.2) is 0 Å². The summed E-state index contributed by atoms with van der Waals surface area (Å²) in [7, 11) is 0. The lowest BCUT2D eigenvalue weighted by Gasteiger charge is -2.10. The molecule has 1 saturated heterocycles. The molecule has 2 unspecified atom stereocenters. The van der Waals surface area contributed by atoms with Crippen LogP contribution in [0, 0.1) is 5.92 Å². The Balaban J connectivity index is 1.81. The van der Waals surface area contributed by atoms with E-state index in [2.05, 4.69) is 6.92 Å². The van der Waals surface area contributed by atoms with Gasteiger partial charge in [0.1, 0.15) is 0 Å². The van der Waals surface area contributed by atoms with Crippen LogP contribution in [0.15, 0.2) is 0 Å². The molecule has 1 aliphatic heterocycles.